The summed E-state index contributed by atoms with van der Waals surface area (Å²) in [5, 5.41) is 1.22. The first-order chi connectivity index (χ1) is 14.6. The fourth-order valence-electron chi connectivity index (χ4n) is 5.22. The van der Waals surface area contributed by atoms with Crippen molar-refractivity contribution in [3.63, 3.8) is 0 Å². The van der Waals surface area contributed by atoms with Crippen molar-refractivity contribution in [3.8, 4) is 11.5 Å². The average molecular weight is 433 g/mol. The molecule has 4 rings (SSSR count). The summed E-state index contributed by atoms with van der Waals surface area (Å²) in [6.45, 7) is 5.40. The molecule has 0 radical (unpaired) electrons. The number of likely N-dealkylation sites (tertiary alicyclic amines) is 1. The zero-order chi connectivity index (χ0) is 21.1. The smallest absolute Gasteiger partial charge is 0.224 e. The van der Waals surface area contributed by atoms with Gasteiger partial charge in [0, 0.05) is 43.2 Å². The molecular formula is C23H33ClN4O2. The summed E-state index contributed by atoms with van der Waals surface area (Å²) in [5.74, 6) is 2.22. The Labute approximate surface area is 184 Å². The van der Waals surface area contributed by atoms with Crippen LogP contribution in [0.3, 0.4) is 0 Å². The summed E-state index contributed by atoms with van der Waals surface area (Å²) in [6, 6.07) is 5.10. The molecule has 7 heteroatoms. The number of anilines is 1. The molecule has 6 nitrogen and oxygen atoms in total. The highest BCUT2D eigenvalue weighted by Gasteiger charge is 2.30. The van der Waals surface area contributed by atoms with E-state index in [4.69, 9.17) is 21.1 Å². The third-order valence-electron chi connectivity index (χ3n) is 6.80. The van der Waals surface area contributed by atoms with Crippen molar-refractivity contribution in [2.45, 2.75) is 64.0 Å². The average Bonchev–Trinajstić information content (AvgIpc) is 2.79. The van der Waals surface area contributed by atoms with Crippen LogP contribution < -0.4 is 14.4 Å². The number of rotatable bonds is 6. The maximum Gasteiger partial charge on any atom is 0.224 e. The predicted molar refractivity (Wildman–Crippen MR) is 122 cm³/mol. The molecule has 0 amide bonds. The quantitative estimate of drug-likeness (QED) is 0.603. The molecule has 1 aliphatic carbocycles. The predicted octanol–water partition coefficient (Wildman–Crippen LogP) is 4.92. The Morgan fingerprint density at radius 3 is 2.30 bits per heavy atom. The second kappa shape index (κ2) is 9.56. The zero-order valence-electron chi connectivity index (χ0n) is 18.4. The Kier molecular flexibility index (Phi) is 6.84. The van der Waals surface area contributed by atoms with Crippen molar-refractivity contribution in [3.05, 3.63) is 17.4 Å². The first kappa shape index (κ1) is 21.4. The maximum atomic E-state index is 6.33. The molecule has 2 fully saturated rings. The second-order valence-corrected chi connectivity index (χ2v) is 8.72. The van der Waals surface area contributed by atoms with Crippen LogP contribution >= 0.6 is 11.6 Å². The van der Waals surface area contributed by atoms with E-state index in [-0.39, 0.29) is 5.28 Å². The minimum absolute atomic E-state index is 0.266. The van der Waals surface area contributed by atoms with Crippen LogP contribution in [0.25, 0.3) is 10.9 Å². The van der Waals surface area contributed by atoms with E-state index in [9.17, 15) is 0 Å². The van der Waals surface area contributed by atoms with Gasteiger partial charge in [0.05, 0.1) is 19.7 Å². The normalized spacial score (nSPS) is 19.2. The standard InChI is InChI=1S/C23H33ClN4O2/c1-4-28(17-10-12-27(13-11-17)16-8-6-5-7-9-16)22-18-14-20(29-2)21(30-3)15-19(18)25-23(24)26-22/h14-17H,4-13H2,1-3H3. The summed E-state index contributed by atoms with van der Waals surface area (Å²) in [6.07, 6.45) is 9.24. The van der Waals surface area contributed by atoms with Gasteiger partial charge >= 0.3 is 0 Å². The molecule has 164 valence electrons. The van der Waals surface area contributed by atoms with Crippen molar-refractivity contribution in [2.24, 2.45) is 0 Å². The van der Waals surface area contributed by atoms with E-state index in [1.807, 2.05) is 12.1 Å². The van der Waals surface area contributed by atoms with E-state index >= 15 is 0 Å². The van der Waals surface area contributed by atoms with Gasteiger partial charge < -0.3 is 19.3 Å². The van der Waals surface area contributed by atoms with Crippen molar-refractivity contribution in [1.29, 1.82) is 0 Å². The van der Waals surface area contributed by atoms with Crippen LogP contribution in [0.2, 0.25) is 5.28 Å². The van der Waals surface area contributed by atoms with E-state index in [2.05, 4.69) is 26.7 Å². The van der Waals surface area contributed by atoms with Crippen LogP contribution in [0.15, 0.2) is 12.1 Å². The molecule has 0 unspecified atom stereocenters. The van der Waals surface area contributed by atoms with Gasteiger partial charge in [-0.1, -0.05) is 19.3 Å². The Morgan fingerprint density at radius 1 is 1.00 bits per heavy atom. The van der Waals surface area contributed by atoms with Gasteiger partial charge in [0.2, 0.25) is 5.28 Å². The molecule has 1 saturated heterocycles. The van der Waals surface area contributed by atoms with E-state index in [0.717, 1.165) is 42.1 Å². The Bertz CT molecular complexity index is 864. The molecule has 0 spiro atoms. The van der Waals surface area contributed by atoms with Gasteiger partial charge in [-0.25, -0.2) is 4.98 Å². The third-order valence-corrected chi connectivity index (χ3v) is 6.97. The van der Waals surface area contributed by atoms with Crippen LogP contribution in [0.4, 0.5) is 5.82 Å². The van der Waals surface area contributed by atoms with E-state index < -0.39 is 0 Å². The summed E-state index contributed by atoms with van der Waals surface area (Å²) in [7, 11) is 3.28. The summed E-state index contributed by atoms with van der Waals surface area (Å²) < 4.78 is 11.0. The summed E-state index contributed by atoms with van der Waals surface area (Å²) in [4.78, 5) is 14.2. The molecule has 2 aromatic rings. The number of hydrogen-bond acceptors (Lipinski definition) is 6. The van der Waals surface area contributed by atoms with E-state index in [0.29, 0.717) is 17.5 Å². The molecule has 1 aromatic heterocycles. The Hall–Kier alpha value is -1.79. The fraction of sp³-hybridized carbons (Fsp3) is 0.652. The molecule has 1 aromatic carbocycles. The highest BCUT2D eigenvalue weighted by atomic mass is 35.5. The number of piperidine rings is 1. The van der Waals surface area contributed by atoms with Crippen LogP contribution in [-0.4, -0.2) is 60.8 Å². The molecule has 1 saturated carbocycles. The van der Waals surface area contributed by atoms with Crippen LogP contribution in [-0.2, 0) is 0 Å². The molecular weight excluding hydrogens is 400 g/mol. The fourth-order valence-corrected chi connectivity index (χ4v) is 5.39. The van der Waals surface area contributed by atoms with Gasteiger partial charge in [-0.3, -0.25) is 0 Å². The third kappa shape index (κ3) is 4.30. The van der Waals surface area contributed by atoms with Crippen LogP contribution in [0, 0.1) is 0 Å². The lowest BCUT2D eigenvalue weighted by atomic mass is 9.91. The summed E-state index contributed by atoms with van der Waals surface area (Å²) >= 11 is 6.33. The number of methoxy groups -OCH3 is 2. The van der Waals surface area contributed by atoms with E-state index in [1.54, 1.807) is 14.2 Å². The van der Waals surface area contributed by atoms with Crippen molar-refractivity contribution in [2.75, 3.05) is 38.8 Å². The lowest BCUT2D eigenvalue weighted by molar-refractivity contribution is 0.121. The lowest BCUT2D eigenvalue weighted by Gasteiger charge is -2.43. The molecule has 2 aliphatic rings. The van der Waals surface area contributed by atoms with Crippen LogP contribution in [0.1, 0.15) is 51.9 Å². The second-order valence-electron chi connectivity index (χ2n) is 8.39. The van der Waals surface area contributed by atoms with Gasteiger partial charge in [-0.2, -0.15) is 4.98 Å². The number of fused-ring (bicyclic) bond motifs is 1. The Morgan fingerprint density at radius 2 is 1.67 bits per heavy atom. The van der Waals surface area contributed by atoms with Gasteiger partial charge in [-0.15, -0.1) is 0 Å². The number of halogens is 1. The number of benzene rings is 1. The van der Waals surface area contributed by atoms with Gasteiger partial charge in [0.1, 0.15) is 5.82 Å². The maximum absolute atomic E-state index is 6.33. The first-order valence-electron chi connectivity index (χ1n) is 11.2. The summed E-state index contributed by atoms with van der Waals surface area (Å²) in [5.41, 5.74) is 0.778. The molecule has 1 aliphatic heterocycles. The monoisotopic (exact) mass is 432 g/mol. The largest absolute Gasteiger partial charge is 0.493 e. The molecule has 30 heavy (non-hydrogen) atoms. The highest BCUT2D eigenvalue weighted by Crippen LogP contribution is 2.37. The minimum atomic E-state index is 0.266. The minimum Gasteiger partial charge on any atom is -0.493 e. The van der Waals surface area contributed by atoms with Crippen molar-refractivity contribution in [1.82, 2.24) is 14.9 Å². The van der Waals surface area contributed by atoms with Crippen molar-refractivity contribution < 1.29 is 9.47 Å². The highest BCUT2D eigenvalue weighted by molar-refractivity contribution is 6.28. The zero-order valence-corrected chi connectivity index (χ0v) is 19.1. The topological polar surface area (TPSA) is 50.7 Å². The Balaban J connectivity index is 1.60. The first-order valence-corrected chi connectivity index (χ1v) is 11.6. The van der Waals surface area contributed by atoms with Gasteiger partial charge in [-0.05, 0) is 50.3 Å². The number of ether oxygens (including phenoxy) is 2. The van der Waals surface area contributed by atoms with E-state index in [1.165, 1.54) is 45.2 Å². The number of aromatic nitrogens is 2. The SMILES string of the molecule is CCN(c1nc(Cl)nc2cc(OC)c(OC)cc12)C1CCN(C2CCCCC2)CC1. The molecule has 0 N–H and O–H groups in total. The van der Waals surface area contributed by atoms with Crippen LogP contribution in [0.5, 0.6) is 11.5 Å². The number of nitrogens with zero attached hydrogens (tertiary/aromatic N) is 4. The van der Waals surface area contributed by atoms with Gasteiger partial charge in [0.25, 0.3) is 0 Å². The molecule has 2 heterocycles. The van der Waals surface area contributed by atoms with Gasteiger partial charge in [0.15, 0.2) is 11.5 Å². The molecule has 0 bridgehead atoms. The molecule has 0 atom stereocenters. The lowest BCUT2D eigenvalue weighted by Crippen LogP contribution is -2.49. The van der Waals surface area contributed by atoms with Crippen molar-refractivity contribution >= 4 is 28.3 Å². The number of hydrogen-bond donors (Lipinski definition) is 0.